The summed E-state index contributed by atoms with van der Waals surface area (Å²) in [6, 6.07) is 8.03. The van der Waals surface area contributed by atoms with Gasteiger partial charge >= 0.3 is 0 Å². The highest BCUT2D eigenvalue weighted by Gasteiger charge is 2.39. The smallest absolute Gasteiger partial charge is 0.225 e. The minimum Gasteiger partial charge on any atom is -0.378 e. The first kappa shape index (κ1) is 14.3. The van der Waals surface area contributed by atoms with Crippen LogP contribution in [0.2, 0.25) is 5.02 Å². The van der Waals surface area contributed by atoms with E-state index in [1.54, 1.807) is 12.3 Å². The lowest BCUT2D eigenvalue weighted by Crippen LogP contribution is -2.29. The Morgan fingerprint density at radius 2 is 2.22 bits per heavy atom. The summed E-state index contributed by atoms with van der Waals surface area (Å²) in [5, 5.41) is 14.2. The molecule has 1 aromatic heterocycles. The Morgan fingerprint density at radius 1 is 1.39 bits per heavy atom. The quantitative estimate of drug-likeness (QED) is 0.941. The second-order valence-electron chi connectivity index (χ2n) is 6.14. The largest absolute Gasteiger partial charge is 0.378 e. The Labute approximate surface area is 138 Å². The summed E-state index contributed by atoms with van der Waals surface area (Å²) >= 11 is 6.10. The molecule has 1 aliphatic carbocycles. The third-order valence-corrected chi connectivity index (χ3v) is 4.68. The van der Waals surface area contributed by atoms with Gasteiger partial charge in [-0.05, 0) is 31.0 Å². The second kappa shape index (κ2) is 5.39. The van der Waals surface area contributed by atoms with Crippen LogP contribution in [0.5, 0.6) is 0 Å². The fraction of sp³-hybridized carbons (Fsp3) is 0.353. The molecule has 1 aliphatic heterocycles. The molecule has 2 fully saturated rings. The van der Waals surface area contributed by atoms with Crippen LogP contribution < -0.4 is 5.32 Å². The number of aromatic nitrogens is 1. The number of pyridine rings is 1. The summed E-state index contributed by atoms with van der Waals surface area (Å²) < 4.78 is 0. The van der Waals surface area contributed by atoms with Crippen molar-refractivity contribution >= 4 is 34.1 Å². The lowest BCUT2D eigenvalue weighted by molar-refractivity contribution is -0.128. The Bertz CT molecular complexity index is 840. The summed E-state index contributed by atoms with van der Waals surface area (Å²) in [4.78, 5) is 18.4. The number of hydrogen-bond acceptors (Lipinski definition) is 4. The van der Waals surface area contributed by atoms with Crippen LogP contribution in [0.1, 0.15) is 24.8 Å². The third-order valence-electron chi connectivity index (χ3n) is 4.45. The molecular weight excluding hydrogens is 312 g/mol. The van der Waals surface area contributed by atoms with Crippen molar-refractivity contribution in [2.45, 2.75) is 31.3 Å². The first-order valence-corrected chi connectivity index (χ1v) is 8.08. The molecule has 23 heavy (non-hydrogen) atoms. The third kappa shape index (κ3) is 2.60. The van der Waals surface area contributed by atoms with Crippen LogP contribution in [0, 0.1) is 11.3 Å². The van der Waals surface area contributed by atoms with E-state index in [9.17, 15) is 10.1 Å². The topological polar surface area (TPSA) is 69.0 Å². The number of rotatable bonds is 3. The van der Waals surface area contributed by atoms with Crippen LogP contribution in [-0.2, 0) is 4.79 Å². The van der Waals surface area contributed by atoms with E-state index >= 15 is 0 Å². The molecular formula is C17H15ClN4O. The summed E-state index contributed by atoms with van der Waals surface area (Å²) in [6.45, 7) is 0.693. The molecule has 5 nitrogen and oxygen atoms in total. The van der Waals surface area contributed by atoms with Crippen molar-refractivity contribution in [3.05, 3.63) is 35.0 Å². The number of hydrogen-bond donors (Lipinski definition) is 1. The van der Waals surface area contributed by atoms with Crippen LogP contribution in [-0.4, -0.2) is 34.4 Å². The predicted octanol–water partition coefficient (Wildman–Crippen LogP) is 2.94. The van der Waals surface area contributed by atoms with Gasteiger partial charge in [0.1, 0.15) is 6.07 Å². The number of halogens is 1. The summed E-state index contributed by atoms with van der Waals surface area (Å²) in [5.74, 6) is 0.194. The molecule has 0 spiro atoms. The van der Waals surface area contributed by atoms with Crippen molar-refractivity contribution in [3.63, 3.8) is 0 Å². The molecule has 0 radical (unpaired) electrons. The zero-order valence-electron chi connectivity index (χ0n) is 12.4. The lowest BCUT2D eigenvalue weighted by Gasteiger charge is -2.18. The number of benzene rings is 1. The molecule has 2 heterocycles. The maximum absolute atomic E-state index is 12.1. The van der Waals surface area contributed by atoms with E-state index in [2.05, 4.69) is 16.4 Å². The highest BCUT2D eigenvalue weighted by atomic mass is 35.5. The number of nitriles is 1. The van der Waals surface area contributed by atoms with Crippen LogP contribution in [0.3, 0.4) is 0 Å². The number of carbonyl (C=O) groups excluding carboxylic acids is 1. The molecule has 6 heteroatoms. The predicted molar refractivity (Wildman–Crippen MR) is 88.2 cm³/mol. The lowest BCUT2D eigenvalue weighted by atomic mass is 10.1. The number of nitrogens with one attached hydrogen (secondary N) is 1. The van der Waals surface area contributed by atoms with Gasteiger partial charge in [0.2, 0.25) is 5.91 Å². The Balaban J connectivity index is 1.69. The molecule has 0 bridgehead atoms. The zero-order valence-corrected chi connectivity index (χ0v) is 13.2. The molecule has 1 unspecified atom stereocenters. The molecule has 1 amide bonds. The van der Waals surface area contributed by atoms with E-state index in [1.165, 1.54) is 0 Å². The van der Waals surface area contributed by atoms with Gasteiger partial charge in [-0.3, -0.25) is 9.78 Å². The SMILES string of the molecule is N#Cc1cnc2ccc(Cl)cc2c1NC1CC(=O)N(C2CC2)C1. The van der Waals surface area contributed by atoms with E-state index in [-0.39, 0.29) is 11.9 Å². The number of carbonyl (C=O) groups is 1. The maximum atomic E-state index is 12.1. The Kier molecular flexibility index (Phi) is 3.35. The highest BCUT2D eigenvalue weighted by molar-refractivity contribution is 6.31. The summed E-state index contributed by atoms with van der Waals surface area (Å²) in [7, 11) is 0. The van der Waals surface area contributed by atoms with E-state index < -0.39 is 0 Å². The summed E-state index contributed by atoms with van der Waals surface area (Å²) in [5.41, 5.74) is 1.96. The van der Waals surface area contributed by atoms with Gasteiger partial charge in [0, 0.05) is 35.6 Å². The molecule has 1 N–H and O–H groups in total. The van der Waals surface area contributed by atoms with Gasteiger partial charge in [-0.2, -0.15) is 5.26 Å². The van der Waals surface area contributed by atoms with Crippen molar-refractivity contribution < 1.29 is 4.79 Å². The van der Waals surface area contributed by atoms with E-state index in [1.807, 2.05) is 17.0 Å². The van der Waals surface area contributed by atoms with Crippen LogP contribution >= 0.6 is 11.6 Å². The fourth-order valence-corrected chi connectivity index (χ4v) is 3.35. The van der Waals surface area contributed by atoms with Crippen molar-refractivity contribution in [3.8, 4) is 6.07 Å². The standard InChI is InChI=1S/C17H15ClN4O/c18-11-1-4-15-14(5-11)17(10(7-19)8-20-15)21-12-6-16(23)22(9-12)13-2-3-13/h1,4-5,8,12-13H,2-3,6,9H2,(H,20,21). The normalized spacial score (nSPS) is 20.8. The molecule has 1 saturated carbocycles. The van der Waals surface area contributed by atoms with Crippen LogP contribution in [0.25, 0.3) is 10.9 Å². The monoisotopic (exact) mass is 326 g/mol. The van der Waals surface area contributed by atoms with E-state index in [0.29, 0.717) is 29.6 Å². The molecule has 1 aromatic carbocycles. The van der Waals surface area contributed by atoms with Gasteiger partial charge in [0.25, 0.3) is 0 Å². The van der Waals surface area contributed by atoms with Gasteiger partial charge in [-0.25, -0.2) is 0 Å². The molecule has 1 saturated heterocycles. The first-order valence-electron chi connectivity index (χ1n) is 7.70. The van der Waals surface area contributed by atoms with Gasteiger partial charge in [0.05, 0.1) is 22.8 Å². The maximum Gasteiger partial charge on any atom is 0.225 e. The number of fused-ring (bicyclic) bond motifs is 1. The van der Waals surface area contributed by atoms with E-state index in [0.717, 1.165) is 29.4 Å². The summed E-state index contributed by atoms with van der Waals surface area (Å²) in [6.07, 6.45) is 4.24. The van der Waals surface area contributed by atoms with Crippen molar-refractivity contribution in [1.29, 1.82) is 5.26 Å². The Hall–Kier alpha value is -2.32. The number of nitrogens with zero attached hydrogens (tertiary/aromatic N) is 3. The minimum atomic E-state index is 0.0137. The average molecular weight is 327 g/mol. The van der Waals surface area contributed by atoms with Crippen LogP contribution in [0.15, 0.2) is 24.4 Å². The van der Waals surface area contributed by atoms with Gasteiger partial charge in [0.15, 0.2) is 0 Å². The molecule has 2 aliphatic rings. The molecule has 1 atom stereocenters. The first-order chi connectivity index (χ1) is 11.2. The number of anilines is 1. The fourth-order valence-electron chi connectivity index (χ4n) is 3.18. The molecule has 116 valence electrons. The van der Waals surface area contributed by atoms with Gasteiger partial charge in [-0.1, -0.05) is 11.6 Å². The number of likely N-dealkylation sites (tertiary alicyclic amines) is 1. The number of amides is 1. The van der Waals surface area contributed by atoms with Gasteiger partial charge in [-0.15, -0.1) is 0 Å². The molecule has 2 aromatic rings. The van der Waals surface area contributed by atoms with Crippen molar-refractivity contribution in [1.82, 2.24) is 9.88 Å². The van der Waals surface area contributed by atoms with Crippen molar-refractivity contribution in [2.75, 3.05) is 11.9 Å². The van der Waals surface area contributed by atoms with E-state index in [4.69, 9.17) is 11.6 Å². The van der Waals surface area contributed by atoms with Gasteiger partial charge < -0.3 is 10.2 Å². The van der Waals surface area contributed by atoms with Crippen molar-refractivity contribution in [2.24, 2.45) is 0 Å². The highest BCUT2D eigenvalue weighted by Crippen LogP contribution is 2.33. The second-order valence-corrected chi connectivity index (χ2v) is 6.58. The minimum absolute atomic E-state index is 0.0137. The average Bonchev–Trinajstić information content (AvgIpc) is 3.31. The zero-order chi connectivity index (χ0) is 16.0. The molecule has 4 rings (SSSR count). The Morgan fingerprint density at radius 3 is 2.96 bits per heavy atom. The van der Waals surface area contributed by atoms with Crippen LogP contribution in [0.4, 0.5) is 5.69 Å².